The number of sulfonamides is 1. The number of pyridine rings is 2. The first-order chi connectivity index (χ1) is 13.5. The van der Waals surface area contributed by atoms with Crippen LogP contribution in [0.2, 0.25) is 0 Å². The molecular formula is C20H25N5O2S. The van der Waals surface area contributed by atoms with Gasteiger partial charge < -0.3 is 4.90 Å². The van der Waals surface area contributed by atoms with Gasteiger partial charge in [0.2, 0.25) is 10.0 Å². The predicted octanol–water partition coefficient (Wildman–Crippen LogP) is 3.08. The molecule has 1 fully saturated rings. The number of nitriles is 1. The lowest BCUT2D eigenvalue weighted by atomic mass is 10.1. The number of nitrogens with zero attached hydrogens (tertiary/aromatic N) is 5. The Labute approximate surface area is 166 Å². The Morgan fingerprint density at radius 3 is 2.64 bits per heavy atom. The van der Waals surface area contributed by atoms with Crippen LogP contribution in [0.15, 0.2) is 36.7 Å². The summed E-state index contributed by atoms with van der Waals surface area (Å²) in [6.45, 7) is 3.67. The molecule has 2 aromatic heterocycles. The van der Waals surface area contributed by atoms with Crippen molar-refractivity contribution in [2.75, 3.05) is 28.0 Å². The van der Waals surface area contributed by atoms with E-state index in [0.29, 0.717) is 29.2 Å². The summed E-state index contributed by atoms with van der Waals surface area (Å²) >= 11 is 0. The molecule has 1 aliphatic rings. The molecule has 0 spiro atoms. The second kappa shape index (κ2) is 9.02. The standard InChI is InChI=1S/C20H25N5O2S/c1-2-12-28(26,27)25(16-18-8-4-5-9-22-18)19-13-17(14-21)20(23-15-19)24-10-6-3-7-11-24/h4-5,8-9,13,15H,2-3,6-7,10-12,16H2,1H3. The van der Waals surface area contributed by atoms with Crippen molar-refractivity contribution in [3.63, 3.8) is 0 Å². The van der Waals surface area contributed by atoms with E-state index in [4.69, 9.17) is 0 Å². The number of aromatic nitrogens is 2. The highest BCUT2D eigenvalue weighted by Crippen LogP contribution is 2.28. The molecule has 3 rings (SSSR count). The van der Waals surface area contributed by atoms with Crippen molar-refractivity contribution in [1.29, 1.82) is 5.26 Å². The fourth-order valence-corrected chi connectivity index (χ4v) is 4.87. The van der Waals surface area contributed by atoms with Gasteiger partial charge in [-0.1, -0.05) is 13.0 Å². The van der Waals surface area contributed by atoms with Crippen LogP contribution in [0.25, 0.3) is 0 Å². The summed E-state index contributed by atoms with van der Waals surface area (Å²) in [5, 5.41) is 9.65. The first kappa shape index (κ1) is 20.1. The minimum Gasteiger partial charge on any atom is -0.356 e. The predicted molar refractivity (Wildman–Crippen MR) is 110 cm³/mol. The quantitative estimate of drug-likeness (QED) is 0.711. The summed E-state index contributed by atoms with van der Waals surface area (Å²) in [4.78, 5) is 10.8. The van der Waals surface area contributed by atoms with E-state index < -0.39 is 10.0 Å². The molecule has 1 saturated heterocycles. The topological polar surface area (TPSA) is 90.2 Å². The monoisotopic (exact) mass is 399 g/mol. The van der Waals surface area contributed by atoms with Crippen LogP contribution in [0.3, 0.4) is 0 Å². The third kappa shape index (κ3) is 4.60. The maximum atomic E-state index is 12.9. The fourth-order valence-electron chi connectivity index (χ4n) is 3.38. The number of anilines is 2. The maximum Gasteiger partial charge on any atom is 0.235 e. The second-order valence-electron chi connectivity index (χ2n) is 6.87. The largest absolute Gasteiger partial charge is 0.356 e. The minimum atomic E-state index is -3.56. The lowest BCUT2D eigenvalue weighted by Gasteiger charge is -2.29. The molecule has 1 aliphatic heterocycles. The molecule has 0 atom stereocenters. The molecule has 8 heteroatoms. The normalized spacial score (nSPS) is 14.5. The van der Waals surface area contributed by atoms with Gasteiger partial charge in [0.25, 0.3) is 0 Å². The average Bonchev–Trinajstić information content (AvgIpc) is 2.73. The summed E-state index contributed by atoms with van der Waals surface area (Å²) in [7, 11) is -3.56. The smallest absolute Gasteiger partial charge is 0.235 e. The molecule has 7 nitrogen and oxygen atoms in total. The molecule has 148 valence electrons. The number of hydrogen-bond donors (Lipinski definition) is 0. The lowest BCUT2D eigenvalue weighted by Crippen LogP contribution is -2.34. The van der Waals surface area contributed by atoms with Crippen molar-refractivity contribution in [3.8, 4) is 6.07 Å². The zero-order valence-corrected chi connectivity index (χ0v) is 16.9. The van der Waals surface area contributed by atoms with E-state index >= 15 is 0 Å². The lowest BCUT2D eigenvalue weighted by molar-refractivity contribution is 0.573. The average molecular weight is 400 g/mol. The highest BCUT2D eigenvalue weighted by molar-refractivity contribution is 7.92. The van der Waals surface area contributed by atoms with E-state index in [1.165, 1.54) is 10.7 Å². The van der Waals surface area contributed by atoms with Gasteiger partial charge in [-0.05, 0) is 43.9 Å². The minimum absolute atomic E-state index is 0.0234. The molecule has 0 amide bonds. The van der Waals surface area contributed by atoms with Gasteiger partial charge >= 0.3 is 0 Å². The molecule has 0 saturated carbocycles. The molecule has 0 unspecified atom stereocenters. The van der Waals surface area contributed by atoms with Crippen LogP contribution in [0, 0.1) is 11.3 Å². The Morgan fingerprint density at radius 2 is 2.00 bits per heavy atom. The molecule has 3 heterocycles. The number of rotatable bonds is 7. The van der Waals surface area contributed by atoms with Crippen LogP contribution in [0.5, 0.6) is 0 Å². The van der Waals surface area contributed by atoms with E-state index in [1.54, 1.807) is 30.6 Å². The molecule has 0 aromatic carbocycles. The van der Waals surface area contributed by atoms with Gasteiger partial charge in [-0.25, -0.2) is 13.4 Å². The fraction of sp³-hybridized carbons (Fsp3) is 0.450. The number of hydrogen-bond acceptors (Lipinski definition) is 6. The third-order valence-electron chi connectivity index (χ3n) is 4.75. The van der Waals surface area contributed by atoms with E-state index in [0.717, 1.165) is 25.9 Å². The Kier molecular flexibility index (Phi) is 6.47. The second-order valence-corrected chi connectivity index (χ2v) is 8.88. The summed E-state index contributed by atoms with van der Waals surface area (Å²) in [6, 6.07) is 9.23. The number of piperidine rings is 1. The Hall–Kier alpha value is -2.66. The van der Waals surface area contributed by atoms with Crippen molar-refractivity contribution >= 4 is 21.5 Å². The Bertz CT molecular complexity index is 935. The van der Waals surface area contributed by atoms with Crippen LogP contribution < -0.4 is 9.21 Å². The van der Waals surface area contributed by atoms with Crippen LogP contribution in [0.1, 0.15) is 43.9 Å². The van der Waals surface area contributed by atoms with Gasteiger partial charge in [0.15, 0.2) is 0 Å². The van der Waals surface area contributed by atoms with E-state index in [1.807, 2.05) is 13.0 Å². The van der Waals surface area contributed by atoms with Crippen molar-refractivity contribution < 1.29 is 8.42 Å². The highest BCUT2D eigenvalue weighted by atomic mass is 32.2. The summed E-state index contributed by atoms with van der Waals surface area (Å²) < 4.78 is 27.1. The van der Waals surface area contributed by atoms with Gasteiger partial charge in [-0.15, -0.1) is 0 Å². The van der Waals surface area contributed by atoms with Gasteiger partial charge in [0.1, 0.15) is 11.9 Å². The van der Waals surface area contributed by atoms with Crippen LogP contribution in [-0.4, -0.2) is 37.2 Å². The van der Waals surface area contributed by atoms with Crippen molar-refractivity contribution in [3.05, 3.63) is 47.9 Å². The molecule has 0 N–H and O–H groups in total. The van der Waals surface area contributed by atoms with Crippen LogP contribution in [0.4, 0.5) is 11.5 Å². The zero-order chi connectivity index (χ0) is 20.0. The summed E-state index contributed by atoms with van der Waals surface area (Å²) in [5.41, 5.74) is 1.44. The Morgan fingerprint density at radius 1 is 1.21 bits per heavy atom. The molecule has 0 bridgehead atoms. The SMILES string of the molecule is CCCS(=O)(=O)N(Cc1ccccn1)c1cnc(N2CCCCC2)c(C#N)c1. The summed E-state index contributed by atoms with van der Waals surface area (Å²) in [5.74, 6) is 0.659. The third-order valence-corrected chi connectivity index (χ3v) is 6.68. The van der Waals surface area contributed by atoms with Gasteiger partial charge in [0, 0.05) is 19.3 Å². The summed E-state index contributed by atoms with van der Waals surface area (Å²) in [6.07, 6.45) is 7.03. The maximum absolute atomic E-state index is 12.9. The molecular weight excluding hydrogens is 374 g/mol. The van der Waals surface area contributed by atoms with E-state index in [-0.39, 0.29) is 12.3 Å². The van der Waals surface area contributed by atoms with Crippen molar-refractivity contribution in [2.24, 2.45) is 0 Å². The first-order valence-electron chi connectivity index (χ1n) is 9.60. The molecule has 0 radical (unpaired) electrons. The zero-order valence-electron chi connectivity index (χ0n) is 16.1. The van der Waals surface area contributed by atoms with Gasteiger partial charge in [-0.3, -0.25) is 9.29 Å². The van der Waals surface area contributed by atoms with Gasteiger partial charge in [0.05, 0.1) is 35.4 Å². The Balaban J connectivity index is 1.98. The molecule has 0 aliphatic carbocycles. The first-order valence-corrected chi connectivity index (χ1v) is 11.2. The van der Waals surface area contributed by atoms with Crippen molar-refractivity contribution in [2.45, 2.75) is 39.2 Å². The molecule has 28 heavy (non-hydrogen) atoms. The van der Waals surface area contributed by atoms with Crippen molar-refractivity contribution in [1.82, 2.24) is 9.97 Å². The van der Waals surface area contributed by atoms with Crippen LogP contribution >= 0.6 is 0 Å². The van der Waals surface area contributed by atoms with Crippen LogP contribution in [-0.2, 0) is 16.6 Å². The van der Waals surface area contributed by atoms with E-state index in [2.05, 4.69) is 20.9 Å². The van der Waals surface area contributed by atoms with Gasteiger partial charge in [-0.2, -0.15) is 5.26 Å². The highest BCUT2D eigenvalue weighted by Gasteiger charge is 2.25. The molecule has 2 aromatic rings. The van der Waals surface area contributed by atoms with E-state index in [9.17, 15) is 13.7 Å².